The predicted octanol–water partition coefficient (Wildman–Crippen LogP) is 2.01. The van der Waals surface area contributed by atoms with E-state index in [4.69, 9.17) is 13.9 Å². The maximum atomic E-state index is 11.9. The first kappa shape index (κ1) is 16.4. The largest absolute Gasteiger partial charge is 0.497 e. The van der Waals surface area contributed by atoms with Crippen molar-refractivity contribution in [2.45, 2.75) is 6.61 Å². The monoisotopic (exact) mass is 349 g/mol. The molecule has 24 heavy (non-hydrogen) atoms. The van der Waals surface area contributed by atoms with Crippen molar-refractivity contribution in [2.75, 3.05) is 26.0 Å². The van der Waals surface area contributed by atoms with Crippen LogP contribution in [0, 0.1) is 0 Å². The Balaban J connectivity index is 1.73. The van der Waals surface area contributed by atoms with Gasteiger partial charge >= 0.3 is 11.6 Å². The molecule has 7 nitrogen and oxygen atoms in total. The van der Waals surface area contributed by atoms with E-state index < -0.39 is 11.6 Å². The number of amides is 1. The lowest BCUT2D eigenvalue weighted by Gasteiger charge is -2.13. The minimum Gasteiger partial charge on any atom is -0.497 e. The molecule has 1 aromatic carbocycles. The van der Waals surface area contributed by atoms with Gasteiger partial charge in [0.1, 0.15) is 24.5 Å². The molecule has 126 valence electrons. The van der Waals surface area contributed by atoms with Gasteiger partial charge in [0.25, 0.3) is 5.24 Å². The zero-order valence-corrected chi connectivity index (χ0v) is 13.8. The molecule has 1 saturated heterocycles. The number of ether oxygens (including phenoxy) is 2. The van der Waals surface area contributed by atoms with E-state index in [1.54, 1.807) is 18.2 Å². The number of methoxy groups -OCH3 is 1. The molecule has 1 aliphatic heterocycles. The summed E-state index contributed by atoms with van der Waals surface area (Å²) in [7, 11) is 1.52. The molecule has 1 aliphatic rings. The Morgan fingerprint density at radius 3 is 2.88 bits per heavy atom. The molecule has 2 heterocycles. The van der Waals surface area contributed by atoms with E-state index in [0.717, 1.165) is 0 Å². The quantitative estimate of drug-likeness (QED) is 0.603. The maximum Gasteiger partial charge on any atom is 0.336 e. The highest BCUT2D eigenvalue weighted by atomic mass is 32.2. The number of thioether (sulfide) groups is 1. The number of hydrogen-bond acceptors (Lipinski definition) is 7. The second-order valence-electron chi connectivity index (χ2n) is 5.15. The SMILES string of the molecule is COc1ccc2c(COC(=O)CN3CCSC3=O)cc(=O)oc2c1. The summed E-state index contributed by atoms with van der Waals surface area (Å²) >= 11 is 1.18. The van der Waals surface area contributed by atoms with Crippen LogP contribution in [0.2, 0.25) is 0 Å². The second kappa shape index (κ2) is 6.96. The molecule has 1 fully saturated rings. The number of fused-ring (bicyclic) bond motifs is 1. The molecular formula is C16H15NO6S. The summed E-state index contributed by atoms with van der Waals surface area (Å²) in [6.45, 7) is 0.387. The van der Waals surface area contributed by atoms with Gasteiger partial charge in [0.05, 0.1) is 7.11 Å². The van der Waals surface area contributed by atoms with Crippen LogP contribution in [0.15, 0.2) is 33.5 Å². The Morgan fingerprint density at radius 1 is 1.33 bits per heavy atom. The molecule has 0 N–H and O–H groups in total. The van der Waals surface area contributed by atoms with E-state index in [0.29, 0.717) is 34.6 Å². The van der Waals surface area contributed by atoms with Crippen LogP contribution in [0.4, 0.5) is 4.79 Å². The van der Waals surface area contributed by atoms with E-state index in [1.807, 2.05) is 0 Å². The average Bonchev–Trinajstić information content (AvgIpc) is 2.96. The van der Waals surface area contributed by atoms with E-state index in [9.17, 15) is 14.4 Å². The van der Waals surface area contributed by atoms with Crippen LogP contribution in [0.3, 0.4) is 0 Å². The summed E-state index contributed by atoms with van der Waals surface area (Å²) in [5.41, 5.74) is 0.367. The van der Waals surface area contributed by atoms with Crippen molar-refractivity contribution in [3.05, 3.63) is 40.2 Å². The molecule has 0 radical (unpaired) electrons. The molecule has 0 bridgehead atoms. The molecule has 8 heteroatoms. The molecule has 1 aromatic heterocycles. The summed E-state index contributed by atoms with van der Waals surface area (Å²) in [6.07, 6.45) is 0. The van der Waals surface area contributed by atoms with Crippen molar-refractivity contribution >= 4 is 33.9 Å². The van der Waals surface area contributed by atoms with Crippen molar-refractivity contribution in [1.82, 2.24) is 4.90 Å². The number of esters is 1. The van der Waals surface area contributed by atoms with Gasteiger partial charge in [-0.1, -0.05) is 11.8 Å². The van der Waals surface area contributed by atoms with Crippen LogP contribution < -0.4 is 10.4 Å². The minimum absolute atomic E-state index is 0.0670. The molecule has 1 amide bonds. The molecule has 0 unspecified atom stereocenters. The van der Waals surface area contributed by atoms with Gasteiger partial charge in [-0.15, -0.1) is 0 Å². The van der Waals surface area contributed by atoms with Crippen molar-refractivity contribution in [1.29, 1.82) is 0 Å². The van der Waals surface area contributed by atoms with Crippen LogP contribution in [0.1, 0.15) is 5.56 Å². The van der Waals surface area contributed by atoms with Gasteiger partial charge in [0.2, 0.25) is 0 Å². The van der Waals surface area contributed by atoms with Gasteiger partial charge in [-0.3, -0.25) is 9.59 Å². The highest BCUT2D eigenvalue weighted by Gasteiger charge is 2.24. The number of rotatable bonds is 5. The summed E-state index contributed by atoms with van der Waals surface area (Å²) in [5.74, 6) is 0.726. The first-order valence-corrected chi connectivity index (χ1v) is 8.23. The van der Waals surface area contributed by atoms with Crippen molar-refractivity contribution in [2.24, 2.45) is 0 Å². The summed E-state index contributed by atoms with van der Waals surface area (Å²) in [6, 6.07) is 6.36. The summed E-state index contributed by atoms with van der Waals surface area (Å²) in [4.78, 5) is 36.5. The van der Waals surface area contributed by atoms with Gasteiger partial charge in [0.15, 0.2) is 0 Å². The van der Waals surface area contributed by atoms with Gasteiger partial charge in [-0.05, 0) is 12.1 Å². The molecule has 0 atom stereocenters. The predicted molar refractivity (Wildman–Crippen MR) is 88.3 cm³/mol. The third-order valence-corrected chi connectivity index (χ3v) is 4.48. The maximum absolute atomic E-state index is 11.9. The Kier molecular flexibility index (Phi) is 4.75. The van der Waals surface area contributed by atoms with Crippen molar-refractivity contribution < 1.29 is 23.5 Å². The molecule has 0 saturated carbocycles. The molecule has 0 spiro atoms. The first-order valence-electron chi connectivity index (χ1n) is 7.25. The Hall–Kier alpha value is -2.48. The smallest absolute Gasteiger partial charge is 0.336 e. The number of carbonyl (C=O) groups is 2. The van der Waals surface area contributed by atoms with Gasteiger partial charge < -0.3 is 18.8 Å². The summed E-state index contributed by atoms with van der Waals surface area (Å²) < 4.78 is 15.4. The normalized spacial score (nSPS) is 14.2. The van der Waals surface area contributed by atoms with Crippen molar-refractivity contribution in [3.63, 3.8) is 0 Å². The van der Waals surface area contributed by atoms with Crippen LogP contribution in [0.25, 0.3) is 11.0 Å². The number of hydrogen-bond donors (Lipinski definition) is 0. The van der Waals surface area contributed by atoms with E-state index in [-0.39, 0.29) is 18.4 Å². The van der Waals surface area contributed by atoms with E-state index in [2.05, 4.69) is 0 Å². The standard InChI is InChI=1S/C16H15NO6S/c1-21-11-2-3-12-10(6-14(18)23-13(12)7-11)9-22-15(19)8-17-4-5-24-16(17)20/h2-3,6-7H,4-5,8-9H2,1H3. The zero-order valence-electron chi connectivity index (χ0n) is 12.9. The van der Waals surface area contributed by atoms with Crippen LogP contribution in [-0.4, -0.2) is 42.1 Å². The molecule has 3 rings (SSSR count). The van der Waals surface area contributed by atoms with Crippen LogP contribution in [-0.2, 0) is 16.1 Å². The number of benzene rings is 1. The number of nitrogens with zero attached hydrogens (tertiary/aromatic N) is 1. The summed E-state index contributed by atoms with van der Waals surface area (Å²) in [5, 5.41) is 0.542. The Morgan fingerprint density at radius 2 is 2.17 bits per heavy atom. The zero-order chi connectivity index (χ0) is 17.1. The van der Waals surface area contributed by atoms with Gasteiger partial charge in [-0.25, -0.2) is 4.79 Å². The fourth-order valence-electron chi connectivity index (χ4n) is 2.39. The fourth-order valence-corrected chi connectivity index (χ4v) is 3.21. The highest BCUT2D eigenvalue weighted by molar-refractivity contribution is 8.13. The highest BCUT2D eigenvalue weighted by Crippen LogP contribution is 2.23. The van der Waals surface area contributed by atoms with Crippen molar-refractivity contribution in [3.8, 4) is 5.75 Å². The Labute approximate surface area is 141 Å². The molecule has 2 aromatic rings. The van der Waals surface area contributed by atoms with Crippen LogP contribution in [0.5, 0.6) is 5.75 Å². The van der Waals surface area contributed by atoms with E-state index >= 15 is 0 Å². The lowest BCUT2D eigenvalue weighted by molar-refractivity contribution is -0.145. The third kappa shape index (κ3) is 3.53. The number of carbonyl (C=O) groups excluding carboxylic acids is 2. The average molecular weight is 349 g/mol. The topological polar surface area (TPSA) is 86.0 Å². The lowest BCUT2D eigenvalue weighted by Crippen LogP contribution is -2.30. The molecular weight excluding hydrogens is 334 g/mol. The third-order valence-electron chi connectivity index (χ3n) is 3.59. The Bertz CT molecular complexity index is 846. The molecule has 0 aliphatic carbocycles. The first-order chi connectivity index (χ1) is 11.6. The van der Waals surface area contributed by atoms with Gasteiger partial charge in [0, 0.05) is 35.4 Å². The fraction of sp³-hybridized carbons (Fsp3) is 0.312. The lowest BCUT2D eigenvalue weighted by atomic mass is 10.1. The minimum atomic E-state index is -0.534. The van der Waals surface area contributed by atoms with Gasteiger partial charge in [-0.2, -0.15) is 0 Å². The second-order valence-corrected chi connectivity index (χ2v) is 6.20. The van der Waals surface area contributed by atoms with E-state index in [1.165, 1.54) is 29.8 Å². The van der Waals surface area contributed by atoms with Crippen LogP contribution >= 0.6 is 11.8 Å².